The zero-order valence-electron chi connectivity index (χ0n) is 36.0. The van der Waals surface area contributed by atoms with Gasteiger partial charge in [0.1, 0.15) is 19.3 Å². The largest absolute Gasteiger partial charge is 0.472 e. The van der Waals surface area contributed by atoms with Crippen LogP contribution in [-0.2, 0) is 27.9 Å². The van der Waals surface area contributed by atoms with Crippen molar-refractivity contribution in [2.24, 2.45) is 0 Å². The van der Waals surface area contributed by atoms with Crippen LogP contribution in [0.4, 0.5) is 0 Å². The number of likely N-dealkylation sites (N-methyl/N-ethyl adjacent to an activating group) is 1. The van der Waals surface area contributed by atoms with Crippen LogP contribution in [0.5, 0.6) is 0 Å². The van der Waals surface area contributed by atoms with E-state index in [1.54, 1.807) is 0 Å². The predicted molar refractivity (Wildman–Crippen MR) is 229 cm³/mol. The normalized spacial score (nSPS) is 14.1. The highest BCUT2D eigenvalue weighted by atomic mass is 31.2. The minimum Gasteiger partial charge on any atom is -0.457 e. The third-order valence-corrected chi connectivity index (χ3v) is 10.4. The molecule has 0 aromatic heterocycles. The van der Waals surface area contributed by atoms with E-state index in [9.17, 15) is 14.3 Å². The second-order valence-corrected chi connectivity index (χ2v) is 17.5. The van der Waals surface area contributed by atoms with Crippen molar-refractivity contribution in [3.05, 3.63) is 36.5 Å². The molecule has 8 nitrogen and oxygen atoms in total. The molecule has 2 atom stereocenters. The summed E-state index contributed by atoms with van der Waals surface area (Å²) in [6.45, 7) is 5.56. The van der Waals surface area contributed by atoms with Crippen molar-refractivity contribution in [2.75, 3.05) is 54.1 Å². The van der Waals surface area contributed by atoms with E-state index in [0.29, 0.717) is 24.1 Å². The van der Waals surface area contributed by atoms with Gasteiger partial charge in [0, 0.05) is 13.0 Å². The van der Waals surface area contributed by atoms with Crippen molar-refractivity contribution in [1.82, 2.24) is 0 Å². The summed E-state index contributed by atoms with van der Waals surface area (Å²) < 4.78 is 35.0. The summed E-state index contributed by atoms with van der Waals surface area (Å²) >= 11 is 0. The molecule has 0 aliphatic heterocycles. The molecular weight excluding hydrogens is 697 g/mol. The Kier molecular flexibility index (Phi) is 37.7. The van der Waals surface area contributed by atoms with Gasteiger partial charge < -0.3 is 18.9 Å². The summed E-state index contributed by atoms with van der Waals surface area (Å²) in [5, 5.41) is 0. The second-order valence-electron chi connectivity index (χ2n) is 16.1. The SMILES string of the molecule is CCCCC/C=C\C/C=C\CCCCCCCCCCCCOCC(COP(=O)(O)OCC[N+](C)(C)C)OC(=O)CCCCCCC/C=C\CCCCC. The molecule has 0 aliphatic rings. The number of allylic oxidation sites excluding steroid dienone is 6. The molecule has 1 N–H and O–H groups in total. The molecule has 0 bridgehead atoms. The van der Waals surface area contributed by atoms with Gasteiger partial charge in [0.05, 0.1) is 34.4 Å². The number of rotatable bonds is 41. The van der Waals surface area contributed by atoms with Gasteiger partial charge in [-0.05, 0) is 70.6 Å². The Morgan fingerprint density at radius 1 is 0.574 bits per heavy atom. The molecule has 0 aliphatic carbocycles. The Morgan fingerprint density at radius 2 is 1.02 bits per heavy atom. The van der Waals surface area contributed by atoms with Crippen LogP contribution < -0.4 is 0 Å². The van der Waals surface area contributed by atoms with E-state index in [1.807, 2.05) is 21.1 Å². The summed E-state index contributed by atoms with van der Waals surface area (Å²) in [6.07, 6.45) is 44.6. The monoisotopic (exact) mass is 785 g/mol. The fourth-order valence-corrected chi connectivity index (χ4v) is 6.67. The highest BCUT2D eigenvalue weighted by Gasteiger charge is 2.26. The number of phosphoric ester groups is 1. The first-order valence-electron chi connectivity index (χ1n) is 22.2. The first-order valence-corrected chi connectivity index (χ1v) is 23.7. The Bertz CT molecular complexity index is 962. The number of hydrogen-bond donors (Lipinski definition) is 1. The zero-order valence-corrected chi connectivity index (χ0v) is 36.9. The molecule has 0 heterocycles. The van der Waals surface area contributed by atoms with Gasteiger partial charge in [0.25, 0.3) is 0 Å². The molecule has 0 aromatic carbocycles. The first-order chi connectivity index (χ1) is 26.1. The van der Waals surface area contributed by atoms with Crippen molar-refractivity contribution in [1.29, 1.82) is 0 Å². The maximum atomic E-state index is 12.7. The Hall–Kier alpha value is -1.28. The van der Waals surface area contributed by atoms with E-state index in [0.717, 1.165) is 51.4 Å². The van der Waals surface area contributed by atoms with Crippen LogP contribution in [0.25, 0.3) is 0 Å². The molecule has 0 aromatic rings. The van der Waals surface area contributed by atoms with Gasteiger partial charge in [-0.1, -0.05) is 147 Å². The molecule has 318 valence electrons. The highest BCUT2D eigenvalue weighted by Crippen LogP contribution is 2.43. The maximum Gasteiger partial charge on any atom is 0.472 e. The van der Waals surface area contributed by atoms with Gasteiger partial charge >= 0.3 is 13.8 Å². The number of unbranched alkanes of at least 4 members (excludes halogenated alkanes) is 21. The van der Waals surface area contributed by atoms with E-state index in [2.05, 4.69) is 50.3 Å². The maximum absolute atomic E-state index is 12.7. The fourth-order valence-electron chi connectivity index (χ4n) is 5.93. The lowest BCUT2D eigenvalue weighted by Crippen LogP contribution is -2.37. The molecule has 2 unspecified atom stereocenters. The third kappa shape index (κ3) is 41.9. The molecule has 9 heteroatoms. The van der Waals surface area contributed by atoms with E-state index >= 15 is 0 Å². The van der Waals surface area contributed by atoms with Crippen LogP contribution >= 0.6 is 7.82 Å². The number of ether oxygens (including phenoxy) is 2. The summed E-state index contributed by atoms with van der Waals surface area (Å²) in [5.74, 6) is -0.325. The van der Waals surface area contributed by atoms with Crippen LogP contribution in [0.2, 0.25) is 0 Å². The van der Waals surface area contributed by atoms with E-state index in [4.69, 9.17) is 18.5 Å². The number of carbonyl (C=O) groups is 1. The molecule has 0 radical (unpaired) electrons. The van der Waals surface area contributed by atoms with Gasteiger partial charge in [-0.2, -0.15) is 0 Å². The van der Waals surface area contributed by atoms with Crippen molar-refractivity contribution >= 4 is 13.8 Å². The number of esters is 1. The number of carbonyl (C=O) groups excluding carboxylic acids is 1. The standard InChI is InChI=1S/C45H86NO7P/c1-6-8-10-12-14-16-18-20-21-22-23-24-25-26-27-29-31-33-35-37-40-50-42-44(43-52-54(48,49)51-41-39-46(3,4)5)53-45(47)38-36-34-32-30-28-19-17-15-13-11-9-7-2/h14-17,20-21,44H,6-13,18-19,22-43H2,1-5H3/p+1/b16-14-,17-15-,21-20-. The number of nitrogens with zero attached hydrogens (tertiary/aromatic N) is 1. The van der Waals surface area contributed by atoms with Crippen LogP contribution in [0.3, 0.4) is 0 Å². The lowest BCUT2D eigenvalue weighted by Gasteiger charge is -2.24. The molecule has 54 heavy (non-hydrogen) atoms. The van der Waals surface area contributed by atoms with Crippen LogP contribution in [0, 0.1) is 0 Å². The minimum atomic E-state index is -4.27. The predicted octanol–water partition coefficient (Wildman–Crippen LogP) is 13.0. The third-order valence-electron chi connectivity index (χ3n) is 9.42. The van der Waals surface area contributed by atoms with E-state index < -0.39 is 13.9 Å². The second kappa shape index (κ2) is 38.6. The molecule has 0 rings (SSSR count). The van der Waals surface area contributed by atoms with Crippen LogP contribution in [0.15, 0.2) is 36.5 Å². The Labute approximate surface area is 334 Å². The zero-order chi connectivity index (χ0) is 39.9. The average Bonchev–Trinajstić information content (AvgIpc) is 3.12. The first kappa shape index (κ1) is 52.7. The Morgan fingerprint density at radius 3 is 1.52 bits per heavy atom. The molecular formula is C45H87NO7P+. The molecule has 0 amide bonds. The number of phosphoric acid groups is 1. The molecule has 0 saturated carbocycles. The summed E-state index contributed by atoms with van der Waals surface area (Å²) in [4.78, 5) is 22.8. The van der Waals surface area contributed by atoms with Crippen molar-refractivity contribution < 1.29 is 37.3 Å². The number of hydrogen-bond acceptors (Lipinski definition) is 6. The molecule has 0 spiro atoms. The molecule has 0 fully saturated rings. The van der Waals surface area contributed by atoms with Crippen LogP contribution in [0.1, 0.15) is 187 Å². The fraction of sp³-hybridized carbons (Fsp3) is 0.844. The quantitative estimate of drug-likeness (QED) is 0.0217. The summed E-state index contributed by atoms with van der Waals surface area (Å²) in [6, 6.07) is 0. The Balaban J connectivity index is 4.18. The van der Waals surface area contributed by atoms with Gasteiger partial charge in [-0.25, -0.2) is 4.57 Å². The smallest absolute Gasteiger partial charge is 0.457 e. The summed E-state index contributed by atoms with van der Waals surface area (Å²) in [7, 11) is 1.66. The van der Waals surface area contributed by atoms with E-state index in [1.165, 1.54) is 116 Å². The lowest BCUT2D eigenvalue weighted by molar-refractivity contribution is -0.870. The van der Waals surface area contributed by atoms with Gasteiger partial charge in [0.15, 0.2) is 0 Å². The van der Waals surface area contributed by atoms with Crippen molar-refractivity contribution in [3.63, 3.8) is 0 Å². The van der Waals surface area contributed by atoms with Gasteiger partial charge in [-0.15, -0.1) is 0 Å². The average molecular weight is 785 g/mol. The topological polar surface area (TPSA) is 91.3 Å². The van der Waals surface area contributed by atoms with Crippen molar-refractivity contribution in [3.8, 4) is 0 Å². The minimum absolute atomic E-state index is 0.0864. The van der Waals surface area contributed by atoms with E-state index in [-0.39, 0.29) is 25.8 Å². The van der Waals surface area contributed by atoms with Crippen molar-refractivity contribution in [2.45, 2.75) is 193 Å². The molecule has 0 saturated heterocycles. The number of quaternary nitrogens is 1. The summed E-state index contributed by atoms with van der Waals surface area (Å²) in [5.41, 5.74) is 0. The lowest BCUT2D eigenvalue weighted by atomic mass is 10.1. The highest BCUT2D eigenvalue weighted by molar-refractivity contribution is 7.47. The van der Waals surface area contributed by atoms with Crippen LogP contribution in [-0.4, -0.2) is 75.6 Å². The van der Waals surface area contributed by atoms with Gasteiger partial charge in [-0.3, -0.25) is 13.8 Å². The van der Waals surface area contributed by atoms with Gasteiger partial charge in [0.2, 0.25) is 0 Å².